The SMILES string of the molecule is O=C(NC[C@H]1Cc2cc(-c3ccsc3)cc(Cl)c2O1)C1CCOCC1. The monoisotopic (exact) mass is 377 g/mol. The van der Waals surface area contributed by atoms with Crippen LogP contribution in [0.5, 0.6) is 5.75 Å². The Hall–Kier alpha value is -1.56. The fourth-order valence-corrected chi connectivity index (χ4v) is 4.36. The van der Waals surface area contributed by atoms with Crippen molar-refractivity contribution in [3.8, 4) is 16.9 Å². The smallest absolute Gasteiger partial charge is 0.223 e. The molecule has 2 aliphatic rings. The number of thiophene rings is 1. The van der Waals surface area contributed by atoms with Gasteiger partial charge in [-0.1, -0.05) is 11.6 Å². The highest BCUT2D eigenvalue weighted by Crippen LogP contribution is 2.39. The van der Waals surface area contributed by atoms with Crippen LogP contribution >= 0.6 is 22.9 Å². The molecule has 1 N–H and O–H groups in total. The lowest BCUT2D eigenvalue weighted by atomic mass is 9.99. The van der Waals surface area contributed by atoms with E-state index in [9.17, 15) is 4.79 Å². The van der Waals surface area contributed by atoms with Crippen molar-refractivity contribution in [1.29, 1.82) is 0 Å². The van der Waals surface area contributed by atoms with Gasteiger partial charge in [-0.3, -0.25) is 4.79 Å². The lowest BCUT2D eigenvalue weighted by molar-refractivity contribution is -0.128. The predicted molar refractivity (Wildman–Crippen MR) is 99.4 cm³/mol. The first-order chi connectivity index (χ1) is 12.2. The zero-order valence-electron chi connectivity index (χ0n) is 13.8. The molecule has 4 nitrogen and oxygen atoms in total. The fourth-order valence-electron chi connectivity index (χ4n) is 3.42. The number of hydrogen-bond acceptors (Lipinski definition) is 4. The van der Waals surface area contributed by atoms with E-state index in [1.165, 1.54) is 5.56 Å². The maximum atomic E-state index is 12.3. The Bertz CT molecular complexity index is 756. The molecule has 6 heteroatoms. The summed E-state index contributed by atoms with van der Waals surface area (Å²) in [5.41, 5.74) is 3.39. The molecule has 4 rings (SSSR count). The molecular weight excluding hydrogens is 358 g/mol. The average molecular weight is 378 g/mol. The second-order valence-electron chi connectivity index (χ2n) is 6.53. The fraction of sp³-hybridized carbons (Fsp3) is 0.421. The molecule has 25 heavy (non-hydrogen) atoms. The van der Waals surface area contributed by atoms with Crippen molar-refractivity contribution in [1.82, 2.24) is 5.32 Å². The van der Waals surface area contributed by atoms with Gasteiger partial charge in [0, 0.05) is 31.1 Å². The van der Waals surface area contributed by atoms with Gasteiger partial charge in [0.05, 0.1) is 11.6 Å². The number of fused-ring (bicyclic) bond motifs is 1. The molecule has 0 aliphatic carbocycles. The molecule has 1 atom stereocenters. The summed E-state index contributed by atoms with van der Waals surface area (Å²) in [5.74, 6) is 0.921. The summed E-state index contributed by atoms with van der Waals surface area (Å²) in [7, 11) is 0. The van der Waals surface area contributed by atoms with Crippen LogP contribution in [0.4, 0.5) is 0 Å². The Morgan fingerprint density at radius 3 is 2.88 bits per heavy atom. The van der Waals surface area contributed by atoms with Crippen LogP contribution < -0.4 is 10.1 Å². The van der Waals surface area contributed by atoms with Crippen LogP contribution in [-0.4, -0.2) is 31.8 Å². The highest BCUT2D eigenvalue weighted by molar-refractivity contribution is 7.08. The van der Waals surface area contributed by atoms with E-state index in [1.54, 1.807) is 11.3 Å². The molecule has 0 bridgehead atoms. The number of rotatable bonds is 4. The van der Waals surface area contributed by atoms with Crippen molar-refractivity contribution in [2.24, 2.45) is 5.92 Å². The summed E-state index contributed by atoms with van der Waals surface area (Å²) in [4.78, 5) is 12.3. The summed E-state index contributed by atoms with van der Waals surface area (Å²) in [6, 6.07) is 6.18. The maximum absolute atomic E-state index is 12.3. The zero-order valence-corrected chi connectivity index (χ0v) is 15.4. The lowest BCUT2D eigenvalue weighted by Crippen LogP contribution is -2.39. The molecule has 1 fully saturated rings. The minimum atomic E-state index is -0.0611. The standard InChI is InChI=1S/C19H20ClNO3S/c20-17-9-14(13-3-6-25-11-13)7-15-8-16(24-18(15)17)10-21-19(22)12-1-4-23-5-2-12/h3,6-7,9,11-12,16H,1-2,4-5,8,10H2,(H,21,22)/t16-/m1/s1. The van der Waals surface area contributed by atoms with Gasteiger partial charge in [-0.05, 0) is 52.9 Å². The van der Waals surface area contributed by atoms with Crippen molar-refractivity contribution in [3.05, 3.63) is 39.5 Å². The van der Waals surface area contributed by atoms with E-state index < -0.39 is 0 Å². The van der Waals surface area contributed by atoms with Gasteiger partial charge < -0.3 is 14.8 Å². The normalized spacial score (nSPS) is 20.1. The Balaban J connectivity index is 1.39. The van der Waals surface area contributed by atoms with E-state index in [0.29, 0.717) is 24.8 Å². The molecule has 0 radical (unpaired) electrons. The summed E-state index contributed by atoms with van der Waals surface area (Å²) in [6.45, 7) is 1.85. The van der Waals surface area contributed by atoms with Crippen LogP contribution in [0.3, 0.4) is 0 Å². The summed E-state index contributed by atoms with van der Waals surface area (Å²) >= 11 is 8.09. The number of benzene rings is 1. The van der Waals surface area contributed by atoms with Crippen LogP contribution in [0.15, 0.2) is 29.0 Å². The molecule has 3 heterocycles. The van der Waals surface area contributed by atoms with Crippen molar-refractivity contribution < 1.29 is 14.3 Å². The van der Waals surface area contributed by atoms with E-state index in [-0.39, 0.29) is 17.9 Å². The van der Waals surface area contributed by atoms with E-state index >= 15 is 0 Å². The van der Waals surface area contributed by atoms with Crippen LogP contribution in [0.2, 0.25) is 5.02 Å². The van der Waals surface area contributed by atoms with E-state index in [2.05, 4.69) is 28.2 Å². The Kier molecular flexibility index (Phi) is 4.97. The van der Waals surface area contributed by atoms with Gasteiger partial charge in [0.1, 0.15) is 11.9 Å². The Morgan fingerprint density at radius 1 is 1.28 bits per heavy atom. The summed E-state index contributed by atoms with van der Waals surface area (Å²) < 4.78 is 11.3. The molecule has 0 spiro atoms. The highest BCUT2D eigenvalue weighted by atomic mass is 35.5. The first-order valence-corrected chi connectivity index (χ1v) is 9.90. The topological polar surface area (TPSA) is 47.6 Å². The second-order valence-corrected chi connectivity index (χ2v) is 7.72. The van der Waals surface area contributed by atoms with Crippen LogP contribution in [-0.2, 0) is 16.0 Å². The number of amides is 1. The molecule has 1 aromatic heterocycles. The van der Waals surface area contributed by atoms with Gasteiger partial charge in [-0.2, -0.15) is 11.3 Å². The number of hydrogen-bond donors (Lipinski definition) is 1. The number of carbonyl (C=O) groups is 1. The molecular formula is C19H20ClNO3S. The van der Waals surface area contributed by atoms with Crippen molar-refractivity contribution in [2.45, 2.75) is 25.4 Å². The van der Waals surface area contributed by atoms with Crippen LogP contribution in [0.25, 0.3) is 11.1 Å². The minimum Gasteiger partial charge on any atom is -0.486 e. The van der Waals surface area contributed by atoms with Gasteiger partial charge in [-0.25, -0.2) is 0 Å². The molecule has 0 unspecified atom stereocenters. The summed E-state index contributed by atoms with van der Waals surface area (Å²) in [6.07, 6.45) is 2.30. The number of ether oxygens (including phenoxy) is 2. The second kappa shape index (κ2) is 7.36. The predicted octanol–water partition coefficient (Wildman–Crippen LogP) is 3.91. The zero-order chi connectivity index (χ0) is 17.2. The number of nitrogens with one attached hydrogen (secondary N) is 1. The van der Waals surface area contributed by atoms with E-state index in [1.807, 2.05) is 6.07 Å². The Morgan fingerprint density at radius 2 is 2.12 bits per heavy atom. The van der Waals surface area contributed by atoms with Gasteiger partial charge in [0.15, 0.2) is 0 Å². The van der Waals surface area contributed by atoms with Gasteiger partial charge in [0.25, 0.3) is 0 Å². The molecule has 1 saturated heterocycles. The molecule has 132 valence electrons. The molecule has 2 aromatic rings. The highest BCUT2D eigenvalue weighted by Gasteiger charge is 2.28. The lowest BCUT2D eigenvalue weighted by Gasteiger charge is -2.22. The van der Waals surface area contributed by atoms with Gasteiger partial charge >= 0.3 is 0 Å². The number of carbonyl (C=O) groups excluding carboxylic acids is 1. The van der Waals surface area contributed by atoms with Crippen molar-refractivity contribution in [2.75, 3.05) is 19.8 Å². The van der Waals surface area contributed by atoms with Gasteiger partial charge in [-0.15, -0.1) is 0 Å². The van der Waals surface area contributed by atoms with Crippen LogP contribution in [0, 0.1) is 5.92 Å². The number of halogens is 1. The van der Waals surface area contributed by atoms with Crippen molar-refractivity contribution >= 4 is 28.8 Å². The third-order valence-corrected chi connectivity index (χ3v) is 5.77. The first kappa shape index (κ1) is 16.9. The molecule has 2 aliphatic heterocycles. The van der Waals surface area contributed by atoms with Crippen molar-refractivity contribution in [3.63, 3.8) is 0 Å². The molecule has 1 aromatic carbocycles. The van der Waals surface area contributed by atoms with E-state index in [0.717, 1.165) is 36.1 Å². The van der Waals surface area contributed by atoms with Crippen LogP contribution in [0.1, 0.15) is 18.4 Å². The minimum absolute atomic E-state index is 0.0611. The Labute approximate surface area is 156 Å². The van der Waals surface area contributed by atoms with E-state index in [4.69, 9.17) is 21.1 Å². The maximum Gasteiger partial charge on any atom is 0.223 e. The first-order valence-electron chi connectivity index (χ1n) is 8.58. The molecule has 1 amide bonds. The third kappa shape index (κ3) is 3.68. The average Bonchev–Trinajstić information content (AvgIpc) is 3.30. The third-order valence-electron chi connectivity index (χ3n) is 4.80. The quantitative estimate of drug-likeness (QED) is 0.878. The van der Waals surface area contributed by atoms with Gasteiger partial charge in [0.2, 0.25) is 5.91 Å². The largest absolute Gasteiger partial charge is 0.486 e. The molecule has 0 saturated carbocycles. The summed E-state index contributed by atoms with van der Waals surface area (Å²) in [5, 5.41) is 7.83.